The third-order valence-electron chi connectivity index (χ3n) is 4.26. The SMILES string of the molecule is CC(C)[C@H](C(=O)O)N1C[C@H](CO)[C@@H](c2cccc(F)c2)C1. The normalized spacial score (nSPS) is 24.4. The maximum atomic E-state index is 13.4. The Balaban J connectivity index is 2.23. The second-order valence-corrected chi connectivity index (χ2v) is 6.09. The average molecular weight is 295 g/mol. The van der Waals surface area contributed by atoms with Gasteiger partial charge in [-0.15, -0.1) is 0 Å². The van der Waals surface area contributed by atoms with Gasteiger partial charge in [-0.05, 0) is 23.6 Å². The highest BCUT2D eigenvalue weighted by molar-refractivity contribution is 5.73. The minimum atomic E-state index is -0.846. The molecule has 0 aromatic heterocycles. The lowest BCUT2D eigenvalue weighted by Crippen LogP contribution is -2.43. The molecule has 1 fully saturated rings. The molecule has 2 rings (SSSR count). The van der Waals surface area contributed by atoms with Crippen molar-refractivity contribution in [1.29, 1.82) is 0 Å². The molecule has 0 spiro atoms. The molecule has 0 saturated carbocycles. The first-order valence-corrected chi connectivity index (χ1v) is 7.27. The summed E-state index contributed by atoms with van der Waals surface area (Å²) in [5.41, 5.74) is 0.824. The summed E-state index contributed by atoms with van der Waals surface area (Å²) in [4.78, 5) is 13.3. The van der Waals surface area contributed by atoms with Crippen molar-refractivity contribution in [2.24, 2.45) is 11.8 Å². The van der Waals surface area contributed by atoms with Crippen LogP contribution in [0.15, 0.2) is 24.3 Å². The molecular formula is C16H22FNO3. The van der Waals surface area contributed by atoms with E-state index >= 15 is 0 Å². The Morgan fingerprint density at radius 2 is 2.14 bits per heavy atom. The summed E-state index contributed by atoms with van der Waals surface area (Å²) in [5, 5.41) is 19.0. The van der Waals surface area contributed by atoms with Gasteiger partial charge >= 0.3 is 5.97 Å². The zero-order chi connectivity index (χ0) is 15.6. The molecule has 2 N–H and O–H groups in total. The lowest BCUT2D eigenvalue weighted by atomic mass is 9.89. The van der Waals surface area contributed by atoms with Crippen LogP contribution < -0.4 is 0 Å². The maximum Gasteiger partial charge on any atom is 0.321 e. The number of aliphatic hydroxyl groups is 1. The van der Waals surface area contributed by atoms with Crippen LogP contribution in [0.25, 0.3) is 0 Å². The van der Waals surface area contributed by atoms with Crippen LogP contribution in [0.3, 0.4) is 0 Å². The molecule has 1 aromatic rings. The lowest BCUT2D eigenvalue weighted by Gasteiger charge is -2.27. The van der Waals surface area contributed by atoms with Crippen LogP contribution in [-0.2, 0) is 4.79 Å². The van der Waals surface area contributed by atoms with Crippen molar-refractivity contribution in [2.45, 2.75) is 25.8 Å². The number of hydrogen-bond donors (Lipinski definition) is 2. The standard InChI is InChI=1S/C16H22FNO3/c1-10(2)15(16(20)21)18-7-12(9-19)14(8-18)11-4-3-5-13(17)6-11/h3-6,10,12,14-15,19H,7-9H2,1-2H3,(H,20,21)/t12-,14-,15-/m1/s1. The smallest absolute Gasteiger partial charge is 0.321 e. The van der Waals surface area contributed by atoms with Gasteiger partial charge in [-0.1, -0.05) is 26.0 Å². The molecule has 0 radical (unpaired) electrons. The summed E-state index contributed by atoms with van der Waals surface area (Å²) in [5.74, 6) is -1.27. The van der Waals surface area contributed by atoms with Gasteiger partial charge in [-0.25, -0.2) is 4.39 Å². The fraction of sp³-hybridized carbons (Fsp3) is 0.562. The van der Waals surface area contributed by atoms with Crippen molar-refractivity contribution >= 4 is 5.97 Å². The van der Waals surface area contributed by atoms with Crippen molar-refractivity contribution in [3.63, 3.8) is 0 Å². The van der Waals surface area contributed by atoms with Gasteiger partial charge in [0.15, 0.2) is 0 Å². The summed E-state index contributed by atoms with van der Waals surface area (Å²) in [6.07, 6.45) is 0. The third kappa shape index (κ3) is 3.41. The summed E-state index contributed by atoms with van der Waals surface area (Å²) >= 11 is 0. The molecule has 0 aliphatic carbocycles. The van der Waals surface area contributed by atoms with Crippen LogP contribution >= 0.6 is 0 Å². The van der Waals surface area contributed by atoms with Crippen molar-refractivity contribution < 1.29 is 19.4 Å². The molecule has 0 unspecified atom stereocenters. The Morgan fingerprint density at radius 3 is 2.67 bits per heavy atom. The highest BCUT2D eigenvalue weighted by atomic mass is 19.1. The number of aliphatic hydroxyl groups excluding tert-OH is 1. The monoisotopic (exact) mass is 295 g/mol. The zero-order valence-electron chi connectivity index (χ0n) is 12.4. The van der Waals surface area contributed by atoms with E-state index in [2.05, 4.69) is 0 Å². The molecule has 5 heteroatoms. The molecular weight excluding hydrogens is 273 g/mol. The van der Waals surface area contributed by atoms with E-state index < -0.39 is 12.0 Å². The van der Waals surface area contributed by atoms with Gasteiger partial charge in [0, 0.05) is 31.5 Å². The minimum absolute atomic E-state index is 0.0203. The van der Waals surface area contributed by atoms with Gasteiger partial charge in [0.25, 0.3) is 0 Å². The largest absolute Gasteiger partial charge is 0.480 e. The summed E-state index contributed by atoms with van der Waals surface area (Å²) in [6.45, 7) is 4.78. The molecule has 116 valence electrons. The van der Waals surface area contributed by atoms with Gasteiger partial charge in [0.1, 0.15) is 11.9 Å². The predicted molar refractivity (Wildman–Crippen MR) is 77.6 cm³/mol. The quantitative estimate of drug-likeness (QED) is 0.871. The Kier molecular flexibility index (Phi) is 4.96. The van der Waals surface area contributed by atoms with Crippen LogP contribution in [0.5, 0.6) is 0 Å². The number of likely N-dealkylation sites (tertiary alicyclic amines) is 1. The van der Waals surface area contributed by atoms with E-state index in [1.807, 2.05) is 24.8 Å². The fourth-order valence-corrected chi connectivity index (χ4v) is 3.29. The Morgan fingerprint density at radius 1 is 1.43 bits per heavy atom. The topological polar surface area (TPSA) is 60.8 Å². The molecule has 1 saturated heterocycles. The Hall–Kier alpha value is -1.46. The molecule has 4 nitrogen and oxygen atoms in total. The van der Waals surface area contributed by atoms with Crippen LogP contribution in [0.2, 0.25) is 0 Å². The van der Waals surface area contributed by atoms with Gasteiger partial charge in [0.2, 0.25) is 0 Å². The Labute approximate surface area is 124 Å². The van der Waals surface area contributed by atoms with Gasteiger partial charge in [-0.3, -0.25) is 9.69 Å². The molecule has 0 bridgehead atoms. The van der Waals surface area contributed by atoms with Crippen LogP contribution in [0.1, 0.15) is 25.3 Å². The summed E-state index contributed by atoms with van der Waals surface area (Å²) in [6, 6.07) is 5.78. The molecule has 1 aromatic carbocycles. The van der Waals surface area contributed by atoms with E-state index in [0.717, 1.165) is 5.56 Å². The number of hydrogen-bond acceptors (Lipinski definition) is 3. The number of carbonyl (C=O) groups is 1. The van der Waals surface area contributed by atoms with Crippen molar-refractivity contribution in [3.05, 3.63) is 35.6 Å². The van der Waals surface area contributed by atoms with Gasteiger partial charge in [-0.2, -0.15) is 0 Å². The second-order valence-electron chi connectivity index (χ2n) is 6.09. The molecule has 3 atom stereocenters. The minimum Gasteiger partial charge on any atom is -0.480 e. The van der Waals surface area contributed by atoms with Gasteiger partial charge in [0.05, 0.1) is 0 Å². The van der Waals surface area contributed by atoms with Crippen molar-refractivity contribution in [2.75, 3.05) is 19.7 Å². The number of aliphatic carboxylic acids is 1. The lowest BCUT2D eigenvalue weighted by molar-refractivity contribution is -0.144. The first-order valence-electron chi connectivity index (χ1n) is 7.27. The van der Waals surface area contributed by atoms with Crippen LogP contribution in [0, 0.1) is 17.7 Å². The first-order chi connectivity index (χ1) is 9.93. The number of carboxylic acids is 1. The average Bonchev–Trinajstić information content (AvgIpc) is 2.81. The highest BCUT2D eigenvalue weighted by Gasteiger charge is 2.40. The number of carboxylic acid groups (broad SMARTS) is 1. The van der Waals surface area contributed by atoms with Crippen molar-refractivity contribution in [3.8, 4) is 0 Å². The highest BCUT2D eigenvalue weighted by Crippen LogP contribution is 2.34. The fourth-order valence-electron chi connectivity index (χ4n) is 3.29. The van der Waals surface area contributed by atoms with E-state index in [4.69, 9.17) is 0 Å². The predicted octanol–water partition coefficient (Wildman–Crippen LogP) is 1.94. The van der Waals surface area contributed by atoms with Crippen molar-refractivity contribution in [1.82, 2.24) is 4.90 Å². The van der Waals surface area contributed by atoms with E-state index in [9.17, 15) is 19.4 Å². The molecule has 1 aliphatic heterocycles. The molecule has 0 amide bonds. The zero-order valence-corrected chi connectivity index (χ0v) is 12.4. The Bertz CT molecular complexity index is 506. The molecule has 1 heterocycles. The number of benzene rings is 1. The van der Waals surface area contributed by atoms with Gasteiger partial charge < -0.3 is 10.2 Å². The van der Waals surface area contributed by atoms with Crippen LogP contribution in [0.4, 0.5) is 4.39 Å². The third-order valence-corrected chi connectivity index (χ3v) is 4.26. The number of rotatable bonds is 5. The summed E-state index contributed by atoms with van der Waals surface area (Å²) < 4.78 is 13.4. The van der Waals surface area contributed by atoms with E-state index in [1.165, 1.54) is 12.1 Å². The maximum absolute atomic E-state index is 13.4. The second kappa shape index (κ2) is 6.54. The molecule has 21 heavy (non-hydrogen) atoms. The molecule has 1 aliphatic rings. The van der Waals surface area contributed by atoms with E-state index in [0.29, 0.717) is 13.1 Å². The number of halogens is 1. The van der Waals surface area contributed by atoms with Crippen LogP contribution in [-0.4, -0.2) is 46.8 Å². The summed E-state index contributed by atoms with van der Waals surface area (Å²) in [7, 11) is 0. The number of nitrogens with zero attached hydrogens (tertiary/aromatic N) is 1. The van der Waals surface area contributed by atoms with E-state index in [1.54, 1.807) is 6.07 Å². The van der Waals surface area contributed by atoms with E-state index in [-0.39, 0.29) is 30.2 Å². The first kappa shape index (κ1) is 15.9.